The van der Waals surface area contributed by atoms with Crippen LogP contribution in [-0.2, 0) is 5.33 Å². The van der Waals surface area contributed by atoms with Gasteiger partial charge in [0.2, 0.25) is 0 Å². The fourth-order valence-corrected chi connectivity index (χ4v) is 6.38. The van der Waals surface area contributed by atoms with Gasteiger partial charge in [0.05, 0.1) is 0 Å². The smallest absolute Gasteiger partial charge is 0.0289 e. The minimum absolute atomic E-state index is 0.446. The lowest BCUT2D eigenvalue weighted by molar-refractivity contribution is 1.49. The van der Waals surface area contributed by atoms with E-state index < -0.39 is 7.92 Å². The molecule has 0 heterocycles. The molecule has 0 N–H and O–H groups in total. The fraction of sp³-hybridized carbons (Fsp3) is 0.0345. The highest BCUT2D eigenvalue weighted by atomic mass is 79.9. The summed E-state index contributed by atoms with van der Waals surface area (Å²) in [7, 11) is -0.446. The standard InChI is InChI=1S/C18H15P.C11H9Br/c1-4-10-16(11-5-1)19(17-12-6-2-7-13-17)18-14-8-3-9-15-18;12-8-10-6-3-5-9-4-1-2-7-11(9)10/h1-15H;1-7H,8H2. The first-order valence-electron chi connectivity index (χ1n) is 10.3. The average Bonchev–Trinajstić information content (AvgIpc) is 2.86. The van der Waals surface area contributed by atoms with Gasteiger partial charge >= 0.3 is 0 Å². The second-order valence-corrected chi connectivity index (χ2v) is 9.89. The molecule has 0 saturated heterocycles. The van der Waals surface area contributed by atoms with Crippen molar-refractivity contribution < 1.29 is 0 Å². The Morgan fingerprint density at radius 1 is 0.452 bits per heavy atom. The lowest BCUT2D eigenvalue weighted by Gasteiger charge is -2.18. The van der Waals surface area contributed by atoms with Gasteiger partial charge in [0, 0.05) is 5.33 Å². The van der Waals surface area contributed by atoms with Gasteiger partial charge in [-0.25, -0.2) is 0 Å². The van der Waals surface area contributed by atoms with Gasteiger partial charge in [0.15, 0.2) is 0 Å². The zero-order valence-corrected chi connectivity index (χ0v) is 19.7. The van der Waals surface area contributed by atoms with E-state index in [1.165, 1.54) is 32.2 Å². The van der Waals surface area contributed by atoms with Crippen molar-refractivity contribution >= 4 is 50.5 Å². The van der Waals surface area contributed by atoms with Crippen LogP contribution in [0.2, 0.25) is 0 Å². The molecule has 0 aliphatic rings. The lowest BCUT2D eigenvalue weighted by atomic mass is 10.1. The van der Waals surface area contributed by atoms with Crippen molar-refractivity contribution in [3.63, 3.8) is 0 Å². The fourth-order valence-electron chi connectivity index (χ4n) is 3.59. The SMILES string of the molecule is BrCc1cccc2ccccc12.c1ccc(P(c2ccccc2)c2ccccc2)cc1. The highest BCUT2D eigenvalue weighted by Gasteiger charge is 2.14. The van der Waals surface area contributed by atoms with E-state index in [1.54, 1.807) is 0 Å². The molecule has 2 heteroatoms. The Hall–Kier alpha value is -2.73. The molecule has 0 aliphatic carbocycles. The van der Waals surface area contributed by atoms with Crippen LogP contribution in [0.15, 0.2) is 133 Å². The van der Waals surface area contributed by atoms with Gasteiger partial charge < -0.3 is 0 Å². The first kappa shape index (κ1) is 21.5. The zero-order chi connectivity index (χ0) is 21.3. The van der Waals surface area contributed by atoms with Crippen LogP contribution in [0.1, 0.15) is 5.56 Å². The molecular formula is C29H24BrP. The van der Waals surface area contributed by atoms with E-state index >= 15 is 0 Å². The topological polar surface area (TPSA) is 0 Å². The minimum Gasteiger partial charge on any atom is -0.0876 e. The van der Waals surface area contributed by atoms with E-state index in [4.69, 9.17) is 0 Å². The van der Waals surface area contributed by atoms with Crippen LogP contribution in [0.25, 0.3) is 10.8 Å². The Labute approximate surface area is 194 Å². The highest BCUT2D eigenvalue weighted by molar-refractivity contribution is 9.08. The number of hydrogen-bond acceptors (Lipinski definition) is 0. The molecule has 0 unspecified atom stereocenters. The summed E-state index contributed by atoms with van der Waals surface area (Å²) < 4.78 is 0. The monoisotopic (exact) mass is 482 g/mol. The third kappa shape index (κ3) is 5.50. The minimum atomic E-state index is -0.446. The first-order valence-corrected chi connectivity index (χ1v) is 12.8. The summed E-state index contributed by atoms with van der Waals surface area (Å²) in [5.74, 6) is 0. The number of halogens is 1. The average molecular weight is 483 g/mol. The van der Waals surface area contributed by atoms with Crippen molar-refractivity contribution in [1.29, 1.82) is 0 Å². The normalized spacial score (nSPS) is 10.5. The van der Waals surface area contributed by atoms with Crippen LogP contribution in [0.4, 0.5) is 0 Å². The number of alkyl halides is 1. The second kappa shape index (κ2) is 11.0. The van der Waals surface area contributed by atoms with E-state index in [1.807, 2.05) is 0 Å². The maximum Gasteiger partial charge on any atom is 0.0289 e. The quantitative estimate of drug-likeness (QED) is 0.188. The molecule has 0 fully saturated rings. The number of hydrogen-bond donors (Lipinski definition) is 0. The summed E-state index contributed by atoms with van der Waals surface area (Å²) in [6, 6.07) is 47.2. The number of benzene rings is 5. The first-order chi connectivity index (χ1) is 15.4. The van der Waals surface area contributed by atoms with Crippen molar-refractivity contribution in [2.45, 2.75) is 5.33 Å². The van der Waals surface area contributed by atoms with Crippen LogP contribution < -0.4 is 15.9 Å². The van der Waals surface area contributed by atoms with Crippen molar-refractivity contribution in [2.75, 3.05) is 0 Å². The van der Waals surface area contributed by atoms with Crippen molar-refractivity contribution in [3.05, 3.63) is 139 Å². The van der Waals surface area contributed by atoms with Gasteiger partial charge in [-0.2, -0.15) is 0 Å². The van der Waals surface area contributed by atoms with Crippen LogP contribution in [0, 0.1) is 0 Å². The highest BCUT2D eigenvalue weighted by Crippen LogP contribution is 2.32. The van der Waals surface area contributed by atoms with Crippen molar-refractivity contribution in [2.24, 2.45) is 0 Å². The summed E-state index contributed by atoms with van der Waals surface area (Å²) in [5.41, 5.74) is 1.35. The molecule has 0 bridgehead atoms. The van der Waals surface area contributed by atoms with E-state index in [2.05, 4.69) is 149 Å². The molecule has 0 nitrogen and oxygen atoms in total. The van der Waals surface area contributed by atoms with Gasteiger partial charge in [-0.15, -0.1) is 0 Å². The molecule has 152 valence electrons. The number of rotatable bonds is 4. The Balaban J connectivity index is 0.000000166. The Morgan fingerprint density at radius 2 is 0.871 bits per heavy atom. The lowest BCUT2D eigenvalue weighted by Crippen LogP contribution is -2.20. The summed E-state index contributed by atoms with van der Waals surface area (Å²) >= 11 is 3.48. The van der Waals surface area contributed by atoms with Gasteiger partial charge in [0.25, 0.3) is 0 Å². The van der Waals surface area contributed by atoms with Crippen LogP contribution >= 0.6 is 23.9 Å². The maximum absolute atomic E-state index is 3.48. The van der Waals surface area contributed by atoms with Gasteiger partial charge in [-0.05, 0) is 40.2 Å². The summed E-state index contributed by atoms with van der Waals surface area (Å²) in [6.07, 6.45) is 0. The molecule has 5 rings (SSSR count). The third-order valence-corrected chi connectivity index (χ3v) is 8.11. The van der Waals surface area contributed by atoms with E-state index in [-0.39, 0.29) is 0 Å². The zero-order valence-electron chi connectivity index (χ0n) is 17.2. The molecule has 0 aliphatic heterocycles. The summed E-state index contributed by atoms with van der Waals surface area (Å²) in [5, 5.41) is 7.78. The van der Waals surface area contributed by atoms with Gasteiger partial charge in [-0.1, -0.05) is 149 Å². The Morgan fingerprint density at radius 3 is 1.35 bits per heavy atom. The van der Waals surface area contributed by atoms with Gasteiger partial charge in [0.1, 0.15) is 0 Å². The Kier molecular flexibility index (Phi) is 7.66. The maximum atomic E-state index is 3.48. The van der Waals surface area contributed by atoms with E-state index in [9.17, 15) is 0 Å². The molecule has 0 amide bonds. The summed E-state index contributed by atoms with van der Waals surface area (Å²) in [6.45, 7) is 0. The van der Waals surface area contributed by atoms with E-state index in [0.717, 1.165) is 5.33 Å². The molecule has 0 atom stereocenters. The molecule has 5 aromatic rings. The van der Waals surface area contributed by atoms with Crippen LogP contribution in [-0.4, -0.2) is 0 Å². The molecule has 0 aromatic heterocycles. The Bertz CT molecular complexity index is 1110. The second-order valence-electron chi connectivity index (χ2n) is 7.11. The van der Waals surface area contributed by atoms with Crippen LogP contribution in [0.5, 0.6) is 0 Å². The molecule has 0 saturated carbocycles. The molecule has 31 heavy (non-hydrogen) atoms. The predicted octanol–water partition coefficient (Wildman–Crippen LogP) is 7.18. The van der Waals surface area contributed by atoms with E-state index in [0.29, 0.717) is 0 Å². The van der Waals surface area contributed by atoms with Crippen molar-refractivity contribution in [1.82, 2.24) is 0 Å². The molecule has 0 radical (unpaired) electrons. The third-order valence-electron chi connectivity index (χ3n) is 5.07. The molecule has 0 spiro atoms. The van der Waals surface area contributed by atoms with Gasteiger partial charge in [-0.3, -0.25) is 0 Å². The molecular weight excluding hydrogens is 459 g/mol. The van der Waals surface area contributed by atoms with Crippen LogP contribution in [0.3, 0.4) is 0 Å². The summed E-state index contributed by atoms with van der Waals surface area (Å²) in [4.78, 5) is 0. The predicted molar refractivity (Wildman–Crippen MR) is 142 cm³/mol. The number of fused-ring (bicyclic) bond motifs is 1. The largest absolute Gasteiger partial charge is 0.0876 e. The van der Waals surface area contributed by atoms with Crippen molar-refractivity contribution in [3.8, 4) is 0 Å². The molecule has 5 aromatic carbocycles.